The van der Waals surface area contributed by atoms with E-state index in [2.05, 4.69) is 17.1 Å². The molecule has 0 spiro atoms. The Labute approximate surface area is 100 Å². The number of aromatic nitrogens is 1. The lowest BCUT2D eigenvalue weighted by Crippen LogP contribution is -2.06. The Kier molecular flexibility index (Phi) is 2.25. The van der Waals surface area contributed by atoms with Crippen LogP contribution < -0.4 is 9.47 Å². The van der Waals surface area contributed by atoms with Gasteiger partial charge in [0.05, 0.1) is 13.3 Å². The lowest BCUT2D eigenvalue weighted by molar-refractivity contribution is 0.300. The third-order valence-electron chi connectivity index (χ3n) is 2.99. The second-order valence-electron chi connectivity index (χ2n) is 4.13. The zero-order chi connectivity index (χ0) is 11.8. The second kappa shape index (κ2) is 3.77. The van der Waals surface area contributed by atoms with Gasteiger partial charge in [0, 0.05) is 16.8 Å². The van der Waals surface area contributed by atoms with Crippen molar-refractivity contribution in [2.75, 3.05) is 7.11 Å². The van der Waals surface area contributed by atoms with Crippen LogP contribution >= 0.6 is 0 Å². The first kappa shape index (κ1) is 10.1. The van der Waals surface area contributed by atoms with Crippen LogP contribution in [0.5, 0.6) is 11.5 Å². The Bertz CT molecular complexity index is 578. The predicted molar refractivity (Wildman–Crippen MR) is 65.3 cm³/mol. The van der Waals surface area contributed by atoms with Gasteiger partial charge in [0.15, 0.2) is 0 Å². The number of hydrogen-bond donors (Lipinski definition) is 0. The van der Waals surface area contributed by atoms with E-state index in [1.165, 1.54) is 5.56 Å². The van der Waals surface area contributed by atoms with E-state index in [0.29, 0.717) is 6.61 Å². The van der Waals surface area contributed by atoms with Crippen molar-refractivity contribution in [1.82, 2.24) is 4.98 Å². The summed E-state index contributed by atoms with van der Waals surface area (Å²) >= 11 is 0. The number of ether oxygens (including phenoxy) is 2. The van der Waals surface area contributed by atoms with Crippen molar-refractivity contribution in [2.24, 2.45) is 0 Å². The summed E-state index contributed by atoms with van der Waals surface area (Å²) in [6.45, 7) is 2.56. The van der Waals surface area contributed by atoms with E-state index in [1.54, 1.807) is 13.3 Å². The molecule has 3 nitrogen and oxygen atoms in total. The number of rotatable bonds is 1. The highest BCUT2D eigenvalue weighted by molar-refractivity contribution is 5.75. The van der Waals surface area contributed by atoms with Crippen molar-refractivity contribution in [3.05, 3.63) is 41.7 Å². The number of pyridine rings is 1. The van der Waals surface area contributed by atoms with Crippen molar-refractivity contribution in [1.29, 1.82) is 0 Å². The van der Waals surface area contributed by atoms with Crippen LogP contribution in [0.15, 0.2) is 30.5 Å². The van der Waals surface area contributed by atoms with Crippen LogP contribution in [0.2, 0.25) is 0 Å². The van der Waals surface area contributed by atoms with Crippen LogP contribution in [0.25, 0.3) is 11.1 Å². The fraction of sp³-hybridized carbons (Fsp3) is 0.214. The number of methoxy groups -OCH3 is 1. The quantitative estimate of drug-likeness (QED) is 0.750. The summed E-state index contributed by atoms with van der Waals surface area (Å²) in [5.41, 5.74) is 4.47. The Morgan fingerprint density at radius 2 is 2.12 bits per heavy atom. The lowest BCUT2D eigenvalue weighted by atomic mass is 9.97. The molecule has 1 aliphatic heterocycles. The SMILES string of the molecule is COc1ccc2c(c1)COc1cnc(C)cc1-2. The number of fused-ring (bicyclic) bond motifs is 3. The zero-order valence-electron chi connectivity index (χ0n) is 9.86. The minimum absolute atomic E-state index is 0.574. The molecule has 1 aromatic carbocycles. The van der Waals surface area contributed by atoms with Crippen LogP contribution in [-0.4, -0.2) is 12.1 Å². The summed E-state index contributed by atoms with van der Waals surface area (Å²) < 4.78 is 10.9. The van der Waals surface area contributed by atoms with Gasteiger partial charge < -0.3 is 9.47 Å². The van der Waals surface area contributed by atoms with Gasteiger partial charge in [-0.3, -0.25) is 4.98 Å². The van der Waals surface area contributed by atoms with Gasteiger partial charge in [-0.25, -0.2) is 0 Å². The van der Waals surface area contributed by atoms with Crippen LogP contribution in [0.4, 0.5) is 0 Å². The topological polar surface area (TPSA) is 31.4 Å². The van der Waals surface area contributed by atoms with Crippen LogP contribution in [0, 0.1) is 6.92 Å². The van der Waals surface area contributed by atoms with Gasteiger partial charge in [-0.05, 0) is 30.7 Å². The van der Waals surface area contributed by atoms with Crippen LogP contribution in [-0.2, 0) is 6.61 Å². The first-order valence-corrected chi connectivity index (χ1v) is 5.54. The van der Waals surface area contributed by atoms with E-state index in [1.807, 2.05) is 19.1 Å². The standard InChI is InChI=1S/C14H13NO2/c1-9-5-13-12-4-3-11(16-2)6-10(12)8-17-14(13)7-15-9/h3-7H,8H2,1-2H3. The predicted octanol–water partition coefficient (Wildman–Crippen LogP) is 2.96. The highest BCUT2D eigenvalue weighted by atomic mass is 16.5. The van der Waals surface area contributed by atoms with E-state index in [4.69, 9.17) is 9.47 Å². The molecule has 1 aliphatic rings. The fourth-order valence-corrected chi connectivity index (χ4v) is 2.11. The molecule has 86 valence electrons. The maximum absolute atomic E-state index is 5.69. The van der Waals surface area contributed by atoms with Gasteiger partial charge in [-0.1, -0.05) is 6.07 Å². The highest BCUT2D eigenvalue weighted by Crippen LogP contribution is 2.38. The minimum Gasteiger partial charge on any atom is -0.497 e. The summed E-state index contributed by atoms with van der Waals surface area (Å²) in [6.07, 6.45) is 1.79. The number of hydrogen-bond acceptors (Lipinski definition) is 3. The largest absolute Gasteiger partial charge is 0.497 e. The summed E-state index contributed by atoms with van der Waals surface area (Å²) in [6, 6.07) is 8.13. The number of aryl methyl sites for hydroxylation is 1. The molecule has 0 radical (unpaired) electrons. The summed E-state index contributed by atoms with van der Waals surface area (Å²) in [5.74, 6) is 1.72. The average Bonchev–Trinajstić information content (AvgIpc) is 2.37. The van der Waals surface area contributed by atoms with E-state index < -0.39 is 0 Å². The van der Waals surface area contributed by atoms with Crippen molar-refractivity contribution < 1.29 is 9.47 Å². The molecular formula is C14H13NO2. The molecule has 0 amide bonds. The molecule has 0 atom stereocenters. The zero-order valence-corrected chi connectivity index (χ0v) is 9.86. The molecule has 0 bridgehead atoms. The number of benzene rings is 1. The molecule has 0 unspecified atom stereocenters. The number of nitrogens with zero attached hydrogens (tertiary/aromatic N) is 1. The monoisotopic (exact) mass is 227 g/mol. The smallest absolute Gasteiger partial charge is 0.145 e. The van der Waals surface area contributed by atoms with Gasteiger partial charge in [0.2, 0.25) is 0 Å². The van der Waals surface area contributed by atoms with E-state index in [-0.39, 0.29) is 0 Å². The minimum atomic E-state index is 0.574. The third kappa shape index (κ3) is 1.64. The Morgan fingerprint density at radius 3 is 2.94 bits per heavy atom. The van der Waals surface area contributed by atoms with Crippen molar-refractivity contribution in [3.8, 4) is 22.6 Å². The van der Waals surface area contributed by atoms with Gasteiger partial charge in [-0.15, -0.1) is 0 Å². The first-order valence-electron chi connectivity index (χ1n) is 5.54. The molecule has 0 saturated heterocycles. The Morgan fingerprint density at radius 1 is 1.24 bits per heavy atom. The third-order valence-corrected chi connectivity index (χ3v) is 2.99. The summed E-state index contributed by atoms with van der Waals surface area (Å²) in [4.78, 5) is 4.25. The van der Waals surface area contributed by atoms with Gasteiger partial charge >= 0.3 is 0 Å². The van der Waals surface area contributed by atoms with Gasteiger partial charge in [0.1, 0.15) is 18.1 Å². The maximum Gasteiger partial charge on any atom is 0.145 e. The maximum atomic E-state index is 5.69. The van der Waals surface area contributed by atoms with Crippen LogP contribution in [0.1, 0.15) is 11.3 Å². The molecule has 0 N–H and O–H groups in total. The normalized spacial score (nSPS) is 12.4. The van der Waals surface area contributed by atoms with Crippen molar-refractivity contribution in [2.45, 2.75) is 13.5 Å². The molecule has 0 aliphatic carbocycles. The second-order valence-corrected chi connectivity index (χ2v) is 4.13. The van der Waals surface area contributed by atoms with Crippen LogP contribution in [0.3, 0.4) is 0 Å². The molecular weight excluding hydrogens is 214 g/mol. The molecule has 3 rings (SSSR count). The lowest BCUT2D eigenvalue weighted by Gasteiger charge is -2.21. The molecule has 2 aromatic rings. The van der Waals surface area contributed by atoms with Crippen molar-refractivity contribution >= 4 is 0 Å². The average molecular weight is 227 g/mol. The molecule has 1 aromatic heterocycles. The van der Waals surface area contributed by atoms with E-state index in [0.717, 1.165) is 28.3 Å². The van der Waals surface area contributed by atoms with E-state index in [9.17, 15) is 0 Å². The molecule has 0 fully saturated rings. The molecule has 0 saturated carbocycles. The Hall–Kier alpha value is -2.03. The molecule has 2 heterocycles. The fourth-order valence-electron chi connectivity index (χ4n) is 2.11. The van der Waals surface area contributed by atoms with Crippen molar-refractivity contribution in [3.63, 3.8) is 0 Å². The first-order chi connectivity index (χ1) is 8.28. The molecule has 17 heavy (non-hydrogen) atoms. The van der Waals surface area contributed by atoms with E-state index >= 15 is 0 Å². The Balaban J connectivity index is 2.19. The summed E-state index contributed by atoms with van der Waals surface area (Å²) in [7, 11) is 1.67. The highest BCUT2D eigenvalue weighted by Gasteiger charge is 2.18. The summed E-state index contributed by atoms with van der Waals surface area (Å²) in [5, 5.41) is 0. The molecule has 3 heteroatoms. The van der Waals surface area contributed by atoms with Gasteiger partial charge in [-0.2, -0.15) is 0 Å². The van der Waals surface area contributed by atoms with Gasteiger partial charge in [0.25, 0.3) is 0 Å².